The number of hydrogen-bond acceptors (Lipinski definition) is 2. The minimum Gasteiger partial charge on any atom is -0.659 e. The first-order valence-electron chi connectivity index (χ1n) is 11.3. The molecule has 0 N–H and O–H groups in total. The topological polar surface area (TPSA) is 52.9 Å². The van der Waals surface area contributed by atoms with Crippen LogP contribution >= 0.6 is 0 Å². The average Bonchev–Trinajstić information content (AvgIpc) is 3.32. The Labute approximate surface area is 200 Å². The van der Waals surface area contributed by atoms with Crippen LogP contribution in [-0.2, 0) is 27.9 Å². The summed E-state index contributed by atoms with van der Waals surface area (Å²) in [6.07, 6.45) is 4.62. The molecule has 0 fully saturated rings. The fourth-order valence-electron chi connectivity index (χ4n) is 3.20. The molecule has 175 valence electrons. The van der Waals surface area contributed by atoms with Crippen molar-refractivity contribution < 1.29 is 17.1 Å². The van der Waals surface area contributed by atoms with Crippen LogP contribution in [-0.4, -0.2) is 24.5 Å². The van der Waals surface area contributed by atoms with Crippen LogP contribution in [0, 0.1) is 0 Å². The zero-order valence-electron chi connectivity index (χ0n) is 20.6. The molecular weight excluding hydrogens is 432 g/mol. The van der Waals surface area contributed by atoms with Gasteiger partial charge in [0.25, 0.3) is 0 Å². The second-order valence-electron chi connectivity index (χ2n) is 10.3. The molecule has 0 aromatic carbocycles. The van der Waals surface area contributed by atoms with Crippen LogP contribution in [0.1, 0.15) is 104 Å². The summed E-state index contributed by atoms with van der Waals surface area (Å²) < 4.78 is 0. The van der Waals surface area contributed by atoms with Gasteiger partial charge < -0.3 is 9.97 Å². The molecule has 0 aliphatic rings. The first-order valence-corrected chi connectivity index (χ1v) is 11.3. The van der Waals surface area contributed by atoms with E-state index in [1.54, 1.807) is 0 Å². The molecule has 0 saturated carbocycles. The maximum absolute atomic E-state index is 4.73. The Bertz CT molecular complexity index is 784. The molecule has 0 aliphatic heterocycles. The Morgan fingerprint density at radius 3 is 1.29 bits per heavy atom. The number of unbranched alkanes of at least 4 members (excludes halogenated alkanes) is 3. The van der Waals surface area contributed by atoms with E-state index in [-0.39, 0.29) is 27.9 Å². The fraction of sp³-hybridized carbons (Fsp3) is 0.615. The van der Waals surface area contributed by atoms with E-state index in [4.69, 9.17) is 20.0 Å². The normalized spacial score (nSPS) is 13.4. The van der Waals surface area contributed by atoms with Crippen LogP contribution in [0.3, 0.4) is 0 Å². The standard InChI is InChI=1S/C26H40N4.Cu/c1-19(21-13-15-23(29-21)25(3,4)5)27-17-11-9-10-12-18-28-20(2)22-14-16-24(30-22)26(6,7)8;/h13-16H,9-12,17-18H2,1-8H3;/q-2;+2. The van der Waals surface area contributed by atoms with Crippen molar-refractivity contribution in [1.82, 2.24) is 9.97 Å². The summed E-state index contributed by atoms with van der Waals surface area (Å²) in [5.41, 5.74) is 6.57. The number of nitrogens with zero attached hydrogens (tertiary/aromatic N) is 4. The zero-order valence-corrected chi connectivity index (χ0v) is 21.6. The van der Waals surface area contributed by atoms with E-state index >= 15 is 0 Å². The molecule has 0 bridgehead atoms. The molecule has 2 rings (SSSR count). The number of rotatable bonds is 9. The Morgan fingerprint density at radius 1 is 0.645 bits per heavy atom. The Kier molecular flexibility index (Phi) is 10.5. The van der Waals surface area contributed by atoms with Crippen LogP contribution in [0.25, 0.3) is 0 Å². The first-order chi connectivity index (χ1) is 14.0. The third-order valence-electron chi connectivity index (χ3n) is 5.32. The molecule has 0 atom stereocenters. The van der Waals surface area contributed by atoms with Crippen molar-refractivity contribution in [3.05, 3.63) is 47.0 Å². The van der Waals surface area contributed by atoms with Gasteiger partial charge in [0.15, 0.2) is 0 Å². The molecule has 4 nitrogen and oxygen atoms in total. The zero-order chi connectivity index (χ0) is 22.4. The van der Waals surface area contributed by atoms with Crippen LogP contribution < -0.4 is 9.97 Å². The molecule has 0 amide bonds. The molecule has 0 saturated heterocycles. The van der Waals surface area contributed by atoms with Crippen molar-refractivity contribution in [2.75, 3.05) is 13.1 Å². The van der Waals surface area contributed by atoms with Crippen molar-refractivity contribution in [2.24, 2.45) is 9.98 Å². The third-order valence-corrected chi connectivity index (χ3v) is 5.32. The summed E-state index contributed by atoms with van der Waals surface area (Å²) in [5.74, 6) is 0. The molecule has 1 radical (unpaired) electrons. The summed E-state index contributed by atoms with van der Waals surface area (Å²) in [5, 5.41) is 0. The third kappa shape index (κ3) is 8.82. The second kappa shape index (κ2) is 11.9. The average molecular weight is 472 g/mol. The van der Waals surface area contributed by atoms with Gasteiger partial charge in [-0.2, -0.15) is 11.4 Å². The molecule has 5 heteroatoms. The van der Waals surface area contributed by atoms with Gasteiger partial charge in [-0.3, -0.25) is 9.98 Å². The fourth-order valence-corrected chi connectivity index (χ4v) is 3.20. The van der Waals surface area contributed by atoms with E-state index in [0.717, 1.165) is 60.1 Å². The van der Waals surface area contributed by atoms with Gasteiger partial charge in [0.1, 0.15) is 0 Å². The second-order valence-corrected chi connectivity index (χ2v) is 10.3. The first kappa shape index (κ1) is 27.5. The van der Waals surface area contributed by atoms with Crippen LogP contribution in [0.5, 0.6) is 0 Å². The predicted molar refractivity (Wildman–Crippen MR) is 130 cm³/mol. The minimum atomic E-state index is 0. The van der Waals surface area contributed by atoms with Gasteiger partial charge in [0.05, 0.1) is 0 Å². The van der Waals surface area contributed by atoms with Crippen LogP contribution in [0.2, 0.25) is 0 Å². The molecule has 2 aromatic heterocycles. The quantitative estimate of drug-likeness (QED) is 0.253. The van der Waals surface area contributed by atoms with Gasteiger partial charge in [0.2, 0.25) is 0 Å². The van der Waals surface area contributed by atoms with Crippen molar-refractivity contribution in [3.8, 4) is 0 Å². The Morgan fingerprint density at radius 2 is 1.00 bits per heavy atom. The molecular formula is C26H40CuN4. The Hall–Kier alpha value is -1.58. The number of aromatic nitrogens is 2. The van der Waals surface area contributed by atoms with E-state index in [1.807, 2.05) is 0 Å². The molecule has 0 unspecified atom stereocenters. The summed E-state index contributed by atoms with van der Waals surface area (Å²) in [7, 11) is 0. The maximum Gasteiger partial charge on any atom is 2.00 e. The van der Waals surface area contributed by atoms with Gasteiger partial charge >= 0.3 is 17.1 Å². The molecule has 0 aliphatic carbocycles. The van der Waals surface area contributed by atoms with Gasteiger partial charge in [-0.05, 0) is 37.5 Å². The Balaban J connectivity index is 0.00000480. The SMILES string of the molecule is CC(=NCCCCCCN=C(C)c1ccc(C(C)(C)C)[n-]1)c1ccc(C(C)(C)C)[n-]1.[Cu+2]. The van der Waals surface area contributed by atoms with Gasteiger partial charge in [-0.15, -0.1) is 11.4 Å². The molecule has 0 spiro atoms. The predicted octanol–water partition coefficient (Wildman–Crippen LogP) is 6.07. The van der Waals surface area contributed by atoms with Gasteiger partial charge in [-0.1, -0.05) is 78.6 Å². The number of hydrogen-bond donors (Lipinski definition) is 0. The van der Waals surface area contributed by atoms with Crippen molar-refractivity contribution >= 4 is 11.4 Å². The van der Waals surface area contributed by atoms with E-state index in [9.17, 15) is 0 Å². The van der Waals surface area contributed by atoms with Crippen molar-refractivity contribution in [2.45, 2.75) is 91.9 Å². The summed E-state index contributed by atoms with van der Waals surface area (Å²) >= 11 is 0. The van der Waals surface area contributed by atoms with Crippen molar-refractivity contribution in [3.63, 3.8) is 0 Å². The molecule has 2 aromatic rings. The van der Waals surface area contributed by atoms with E-state index < -0.39 is 0 Å². The molecule has 31 heavy (non-hydrogen) atoms. The van der Waals surface area contributed by atoms with Crippen molar-refractivity contribution in [1.29, 1.82) is 0 Å². The van der Waals surface area contributed by atoms with Crippen LogP contribution in [0.4, 0.5) is 0 Å². The van der Waals surface area contributed by atoms with E-state index in [2.05, 4.69) is 79.7 Å². The van der Waals surface area contributed by atoms with E-state index in [0.29, 0.717) is 0 Å². The van der Waals surface area contributed by atoms with Crippen LogP contribution in [0.15, 0.2) is 34.3 Å². The largest absolute Gasteiger partial charge is 2.00 e. The summed E-state index contributed by atoms with van der Waals surface area (Å²) in [6.45, 7) is 19.0. The van der Waals surface area contributed by atoms with E-state index in [1.165, 1.54) is 12.8 Å². The van der Waals surface area contributed by atoms with Gasteiger partial charge in [-0.25, -0.2) is 0 Å². The monoisotopic (exact) mass is 471 g/mol. The minimum absolute atomic E-state index is 0. The number of aliphatic imine (C=N–C) groups is 2. The van der Waals surface area contributed by atoms with Gasteiger partial charge in [0, 0.05) is 24.5 Å². The maximum atomic E-state index is 4.73. The summed E-state index contributed by atoms with van der Waals surface area (Å²) in [6, 6.07) is 8.41. The molecule has 2 heterocycles. The summed E-state index contributed by atoms with van der Waals surface area (Å²) in [4.78, 5) is 18.9. The smallest absolute Gasteiger partial charge is 0.659 e.